The lowest BCUT2D eigenvalue weighted by Gasteiger charge is -2.26. The Balaban J connectivity index is 3.77. The Hall–Kier alpha value is -1.91. The first-order valence-corrected chi connectivity index (χ1v) is 5.84. The predicted molar refractivity (Wildman–Crippen MR) is 71.8 cm³/mol. The molecule has 0 bridgehead atoms. The van der Waals surface area contributed by atoms with Gasteiger partial charge in [-0.2, -0.15) is 0 Å². The Morgan fingerprint density at radius 2 is 1.58 bits per heavy atom. The second-order valence-corrected chi connectivity index (χ2v) is 5.12. The van der Waals surface area contributed by atoms with Gasteiger partial charge in [0.25, 0.3) is 0 Å². The van der Waals surface area contributed by atoms with Crippen molar-refractivity contribution in [1.82, 2.24) is 0 Å². The van der Waals surface area contributed by atoms with Crippen LogP contribution in [0.3, 0.4) is 0 Å². The smallest absolute Gasteiger partial charge is 0.339 e. The third-order valence-electron chi connectivity index (χ3n) is 2.81. The lowest BCUT2D eigenvalue weighted by Crippen LogP contribution is -2.17. The maximum Gasteiger partial charge on any atom is 0.339 e. The predicted octanol–water partition coefficient (Wildman–Crippen LogP) is 2.71. The number of ether oxygens (including phenoxy) is 3. The van der Waals surface area contributed by atoms with Gasteiger partial charge in [-0.25, -0.2) is 4.79 Å². The number of methoxy groups -OCH3 is 3. The van der Waals surface area contributed by atoms with Gasteiger partial charge in [0, 0.05) is 5.56 Å². The summed E-state index contributed by atoms with van der Waals surface area (Å²) in [5, 5.41) is 9.24. The van der Waals surface area contributed by atoms with Crippen LogP contribution in [0.2, 0.25) is 0 Å². The molecule has 0 saturated heterocycles. The van der Waals surface area contributed by atoms with E-state index in [4.69, 9.17) is 14.2 Å². The molecule has 0 fully saturated rings. The molecule has 1 aromatic carbocycles. The van der Waals surface area contributed by atoms with Gasteiger partial charge >= 0.3 is 5.97 Å². The number of aromatic carboxylic acids is 1. The number of hydrogen-bond donors (Lipinski definition) is 1. The van der Waals surface area contributed by atoms with Crippen LogP contribution in [0.5, 0.6) is 17.2 Å². The SMILES string of the molecule is COc1cc(C(=O)O)c(OC)c(OC)c1C(C)(C)C. The summed E-state index contributed by atoms with van der Waals surface area (Å²) in [6.07, 6.45) is 0. The van der Waals surface area contributed by atoms with Gasteiger partial charge in [0.1, 0.15) is 11.3 Å². The van der Waals surface area contributed by atoms with Crippen molar-refractivity contribution >= 4 is 5.97 Å². The lowest BCUT2D eigenvalue weighted by atomic mass is 9.84. The summed E-state index contributed by atoms with van der Waals surface area (Å²) in [6, 6.07) is 1.46. The molecular formula is C14H20O5. The number of benzene rings is 1. The minimum atomic E-state index is -1.09. The van der Waals surface area contributed by atoms with Crippen molar-refractivity contribution in [3.63, 3.8) is 0 Å². The molecule has 0 atom stereocenters. The van der Waals surface area contributed by atoms with E-state index >= 15 is 0 Å². The average Bonchev–Trinajstić information content (AvgIpc) is 2.34. The van der Waals surface area contributed by atoms with Crippen LogP contribution in [0.25, 0.3) is 0 Å². The molecule has 19 heavy (non-hydrogen) atoms. The molecule has 1 rings (SSSR count). The van der Waals surface area contributed by atoms with E-state index in [1.807, 2.05) is 20.8 Å². The molecule has 0 heterocycles. The monoisotopic (exact) mass is 268 g/mol. The van der Waals surface area contributed by atoms with Crippen LogP contribution in [-0.4, -0.2) is 32.4 Å². The Kier molecular flexibility index (Phi) is 4.29. The Bertz CT molecular complexity index is 486. The van der Waals surface area contributed by atoms with Gasteiger partial charge in [0.15, 0.2) is 11.5 Å². The van der Waals surface area contributed by atoms with Crippen LogP contribution in [-0.2, 0) is 5.41 Å². The van der Waals surface area contributed by atoms with Gasteiger partial charge in [-0.05, 0) is 11.5 Å². The summed E-state index contributed by atoms with van der Waals surface area (Å²) in [6.45, 7) is 5.98. The van der Waals surface area contributed by atoms with Crippen LogP contribution < -0.4 is 14.2 Å². The summed E-state index contributed by atoms with van der Waals surface area (Å²) in [4.78, 5) is 11.3. The molecule has 0 aromatic heterocycles. The van der Waals surface area contributed by atoms with Crippen molar-refractivity contribution in [2.75, 3.05) is 21.3 Å². The van der Waals surface area contributed by atoms with Gasteiger partial charge in [-0.1, -0.05) is 20.8 Å². The van der Waals surface area contributed by atoms with Crippen molar-refractivity contribution < 1.29 is 24.1 Å². The summed E-state index contributed by atoms with van der Waals surface area (Å²) in [5.74, 6) is -0.0102. The highest BCUT2D eigenvalue weighted by molar-refractivity contribution is 5.93. The van der Waals surface area contributed by atoms with Crippen LogP contribution in [0.15, 0.2) is 6.07 Å². The minimum Gasteiger partial charge on any atom is -0.496 e. The van der Waals surface area contributed by atoms with E-state index in [1.54, 1.807) is 0 Å². The molecule has 0 aliphatic rings. The first kappa shape index (κ1) is 15.1. The first-order valence-electron chi connectivity index (χ1n) is 5.84. The van der Waals surface area contributed by atoms with E-state index in [0.29, 0.717) is 11.5 Å². The maximum absolute atomic E-state index is 11.3. The largest absolute Gasteiger partial charge is 0.496 e. The van der Waals surface area contributed by atoms with Gasteiger partial charge in [0.05, 0.1) is 21.3 Å². The molecule has 0 spiro atoms. The highest BCUT2D eigenvalue weighted by Crippen LogP contribution is 2.46. The number of carboxylic acids is 1. The van der Waals surface area contributed by atoms with Gasteiger partial charge in [-0.15, -0.1) is 0 Å². The Labute approximate surface area is 113 Å². The van der Waals surface area contributed by atoms with Crippen LogP contribution in [0, 0.1) is 0 Å². The normalized spacial score (nSPS) is 11.1. The zero-order valence-electron chi connectivity index (χ0n) is 12.2. The van der Waals surface area contributed by atoms with E-state index in [9.17, 15) is 9.90 Å². The van der Waals surface area contributed by atoms with E-state index < -0.39 is 5.97 Å². The van der Waals surface area contributed by atoms with E-state index in [0.717, 1.165) is 5.56 Å². The molecule has 0 aliphatic heterocycles. The van der Waals surface area contributed by atoms with Gasteiger partial charge in [0.2, 0.25) is 0 Å². The number of rotatable bonds is 4. The van der Waals surface area contributed by atoms with Gasteiger partial charge < -0.3 is 19.3 Å². The van der Waals surface area contributed by atoms with Crippen molar-refractivity contribution in [2.24, 2.45) is 0 Å². The van der Waals surface area contributed by atoms with Crippen molar-refractivity contribution in [1.29, 1.82) is 0 Å². The van der Waals surface area contributed by atoms with E-state index in [-0.39, 0.29) is 16.7 Å². The van der Waals surface area contributed by atoms with Crippen molar-refractivity contribution in [3.8, 4) is 17.2 Å². The topological polar surface area (TPSA) is 65.0 Å². The molecule has 0 aliphatic carbocycles. The number of carbonyl (C=O) groups is 1. The average molecular weight is 268 g/mol. The van der Waals surface area contributed by atoms with Crippen molar-refractivity contribution in [3.05, 3.63) is 17.2 Å². The third-order valence-corrected chi connectivity index (χ3v) is 2.81. The molecule has 0 radical (unpaired) electrons. The molecule has 1 aromatic rings. The minimum absolute atomic E-state index is 0.0178. The third kappa shape index (κ3) is 2.75. The molecular weight excluding hydrogens is 248 g/mol. The zero-order chi connectivity index (χ0) is 14.8. The summed E-state index contributed by atoms with van der Waals surface area (Å²) >= 11 is 0. The highest BCUT2D eigenvalue weighted by atomic mass is 16.5. The molecule has 0 amide bonds. The van der Waals surface area contributed by atoms with Crippen LogP contribution in [0.4, 0.5) is 0 Å². The zero-order valence-corrected chi connectivity index (χ0v) is 12.2. The quantitative estimate of drug-likeness (QED) is 0.909. The standard InChI is InChI=1S/C14H20O5/c1-14(2,3)10-9(17-4)7-8(13(15)16)11(18-5)12(10)19-6/h7H,1-6H3,(H,15,16). The Morgan fingerprint density at radius 3 is 1.89 bits per heavy atom. The second kappa shape index (κ2) is 5.38. The highest BCUT2D eigenvalue weighted by Gasteiger charge is 2.30. The Morgan fingerprint density at radius 1 is 1.05 bits per heavy atom. The van der Waals surface area contributed by atoms with Gasteiger partial charge in [-0.3, -0.25) is 0 Å². The summed E-state index contributed by atoms with van der Waals surface area (Å²) < 4.78 is 15.9. The van der Waals surface area contributed by atoms with E-state index in [1.165, 1.54) is 27.4 Å². The fourth-order valence-corrected chi connectivity index (χ4v) is 2.04. The molecule has 0 saturated carbocycles. The number of carboxylic acid groups (broad SMARTS) is 1. The molecule has 5 heteroatoms. The van der Waals surface area contributed by atoms with Crippen LogP contribution in [0.1, 0.15) is 36.7 Å². The summed E-state index contributed by atoms with van der Waals surface area (Å²) in [5.41, 5.74) is 0.518. The lowest BCUT2D eigenvalue weighted by molar-refractivity contribution is 0.0692. The molecule has 0 unspecified atom stereocenters. The maximum atomic E-state index is 11.3. The fourth-order valence-electron chi connectivity index (χ4n) is 2.04. The van der Waals surface area contributed by atoms with Crippen molar-refractivity contribution in [2.45, 2.75) is 26.2 Å². The van der Waals surface area contributed by atoms with Crippen LogP contribution >= 0.6 is 0 Å². The fraction of sp³-hybridized carbons (Fsp3) is 0.500. The molecule has 5 nitrogen and oxygen atoms in total. The second-order valence-electron chi connectivity index (χ2n) is 5.12. The summed E-state index contributed by atoms with van der Waals surface area (Å²) in [7, 11) is 4.41. The molecule has 106 valence electrons. The molecule has 1 N–H and O–H groups in total. The first-order chi connectivity index (χ1) is 8.77. The van der Waals surface area contributed by atoms with E-state index in [2.05, 4.69) is 0 Å². The number of hydrogen-bond acceptors (Lipinski definition) is 4.